The highest BCUT2D eigenvalue weighted by atomic mass is 32.1. The molecule has 174 valence electrons. The predicted molar refractivity (Wildman–Crippen MR) is 139 cm³/mol. The number of aromatic nitrogens is 3. The van der Waals surface area contributed by atoms with Crippen molar-refractivity contribution < 1.29 is 9.53 Å². The molecule has 0 aliphatic rings. The number of aryl methyl sites for hydroxylation is 1. The van der Waals surface area contributed by atoms with E-state index in [9.17, 15) is 9.59 Å². The lowest BCUT2D eigenvalue weighted by molar-refractivity contribution is 0.168. The van der Waals surface area contributed by atoms with E-state index in [1.165, 1.54) is 11.3 Å². The van der Waals surface area contributed by atoms with Crippen LogP contribution in [0.3, 0.4) is 0 Å². The first-order chi connectivity index (χ1) is 17.1. The molecule has 0 aliphatic carbocycles. The third-order valence-electron chi connectivity index (χ3n) is 5.49. The van der Waals surface area contributed by atoms with Gasteiger partial charge >= 0.3 is 6.09 Å². The van der Waals surface area contributed by atoms with Gasteiger partial charge in [0.15, 0.2) is 11.0 Å². The molecule has 35 heavy (non-hydrogen) atoms. The molecular weight excluding hydrogens is 460 g/mol. The standard InChI is InChI=1S/C27H22N4O3S/c1-3-34-27(33)30-26-29-22(18-12-5-4-6-13-18)23(35-26)24-28-20-15-9-8-14-19(20)25(32)31(24)21-16-10-7-11-17(21)2/h4-16H,3H2,1-2H3,(H,29,30,33). The Hall–Kier alpha value is -4.30. The number of carbonyl (C=O) groups is 1. The number of anilines is 1. The first kappa shape index (κ1) is 22.5. The number of fused-ring (bicyclic) bond motifs is 1. The van der Waals surface area contributed by atoms with Crippen LogP contribution in [0, 0.1) is 6.92 Å². The predicted octanol–water partition coefficient (Wildman–Crippen LogP) is 6.05. The third-order valence-corrected chi connectivity index (χ3v) is 6.46. The van der Waals surface area contributed by atoms with E-state index >= 15 is 0 Å². The van der Waals surface area contributed by atoms with Gasteiger partial charge < -0.3 is 4.74 Å². The summed E-state index contributed by atoms with van der Waals surface area (Å²) in [5, 5.41) is 3.58. The summed E-state index contributed by atoms with van der Waals surface area (Å²) in [6.07, 6.45) is -0.588. The Kier molecular flexibility index (Phi) is 6.12. The van der Waals surface area contributed by atoms with E-state index in [0.717, 1.165) is 16.8 Å². The highest BCUT2D eigenvalue weighted by Crippen LogP contribution is 2.39. The molecule has 2 heterocycles. The van der Waals surface area contributed by atoms with Crippen molar-refractivity contribution in [3.8, 4) is 27.6 Å². The molecule has 8 heteroatoms. The summed E-state index contributed by atoms with van der Waals surface area (Å²) in [7, 11) is 0. The Morgan fingerprint density at radius 3 is 2.46 bits per heavy atom. The number of nitrogens with zero attached hydrogens (tertiary/aromatic N) is 3. The maximum Gasteiger partial charge on any atom is 0.413 e. The average molecular weight is 483 g/mol. The summed E-state index contributed by atoms with van der Waals surface area (Å²) in [5.74, 6) is 0.455. The molecule has 5 rings (SSSR count). The molecule has 1 amide bonds. The number of carbonyl (C=O) groups excluding carboxylic acids is 1. The maximum absolute atomic E-state index is 13.8. The third kappa shape index (κ3) is 4.31. The summed E-state index contributed by atoms with van der Waals surface area (Å²) in [6, 6.07) is 24.6. The number of para-hydroxylation sites is 2. The van der Waals surface area contributed by atoms with Crippen LogP contribution in [0.1, 0.15) is 12.5 Å². The number of amides is 1. The van der Waals surface area contributed by atoms with Crippen molar-refractivity contribution in [3.05, 3.63) is 94.8 Å². The summed E-state index contributed by atoms with van der Waals surface area (Å²) < 4.78 is 6.67. The minimum atomic E-state index is -0.588. The Labute approximate surface area is 205 Å². The first-order valence-corrected chi connectivity index (χ1v) is 12.0. The second-order valence-corrected chi connectivity index (χ2v) is 8.79. The highest BCUT2D eigenvalue weighted by Gasteiger charge is 2.23. The Morgan fingerprint density at radius 1 is 0.971 bits per heavy atom. The normalized spacial score (nSPS) is 10.9. The van der Waals surface area contributed by atoms with Crippen LogP contribution in [0.4, 0.5) is 9.93 Å². The van der Waals surface area contributed by atoms with E-state index in [0.29, 0.717) is 32.4 Å². The van der Waals surface area contributed by atoms with Crippen LogP contribution >= 0.6 is 11.3 Å². The van der Waals surface area contributed by atoms with Gasteiger partial charge in [-0.25, -0.2) is 14.8 Å². The maximum atomic E-state index is 13.8. The van der Waals surface area contributed by atoms with Gasteiger partial charge in [0.05, 0.1) is 28.9 Å². The van der Waals surface area contributed by atoms with Gasteiger partial charge in [-0.05, 0) is 37.6 Å². The SMILES string of the molecule is CCOC(=O)Nc1nc(-c2ccccc2)c(-c2nc3ccccc3c(=O)n2-c2ccccc2C)s1. The number of rotatable bonds is 5. The van der Waals surface area contributed by atoms with Crippen molar-refractivity contribution in [1.29, 1.82) is 0 Å². The van der Waals surface area contributed by atoms with Crippen LogP contribution in [-0.2, 0) is 4.74 Å². The number of benzene rings is 3. The summed E-state index contributed by atoms with van der Waals surface area (Å²) in [4.78, 5) is 36.2. The molecule has 0 aliphatic heterocycles. The van der Waals surface area contributed by atoms with E-state index in [-0.39, 0.29) is 12.2 Å². The van der Waals surface area contributed by atoms with Crippen molar-refractivity contribution in [2.45, 2.75) is 13.8 Å². The molecule has 0 radical (unpaired) electrons. The van der Waals surface area contributed by atoms with Crippen LogP contribution in [0.25, 0.3) is 38.5 Å². The van der Waals surface area contributed by atoms with Crippen molar-refractivity contribution >= 4 is 33.5 Å². The average Bonchev–Trinajstić information content (AvgIpc) is 3.29. The number of hydrogen-bond acceptors (Lipinski definition) is 6. The fourth-order valence-electron chi connectivity index (χ4n) is 3.89. The molecular formula is C27H22N4O3S. The highest BCUT2D eigenvalue weighted by molar-refractivity contribution is 7.19. The molecule has 0 bridgehead atoms. The van der Waals surface area contributed by atoms with Gasteiger partial charge in [0.1, 0.15) is 4.88 Å². The molecule has 0 atom stereocenters. The molecule has 0 saturated carbocycles. The zero-order valence-corrected chi connectivity index (χ0v) is 20.0. The smallest absolute Gasteiger partial charge is 0.413 e. The molecule has 0 saturated heterocycles. The van der Waals surface area contributed by atoms with Gasteiger partial charge in [0.25, 0.3) is 5.56 Å². The minimum absolute atomic E-state index is 0.174. The van der Waals surface area contributed by atoms with Gasteiger partial charge in [0.2, 0.25) is 0 Å². The topological polar surface area (TPSA) is 86.1 Å². The van der Waals surface area contributed by atoms with E-state index in [1.807, 2.05) is 79.7 Å². The van der Waals surface area contributed by atoms with E-state index in [4.69, 9.17) is 14.7 Å². The lowest BCUT2D eigenvalue weighted by atomic mass is 10.1. The zero-order chi connectivity index (χ0) is 24.4. The first-order valence-electron chi connectivity index (χ1n) is 11.1. The van der Waals surface area contributed by atoms with E-state index < -0.39 is 6.09 Å². The van der Waals surface area contributed by atoms with Gasteiger partial charge in [-0.2, -0.15) is 0 Å². The van der Waals surface area contributed by atoms with Crippen molar-refractivity contribution in [2.24, 2.45) is 0 Å². The van der Waals surface area contributed by atoms with E-state index in [2.05, 4.69) is 5.32 Å². The lowest BCUT2D eigenvalue weighted by Gasteiger charge is -2.15. The minimum Gasteiger partial charge on any atom is -0.450 e. The monoisotopic (exact) mass is 482 g/mol. The zero-order valence-electron chi connectivity index (χ0n) is 19.2. The van der Waals surface area contributed by atoms with E-state index in [1.54, 1.807) is 17.6 Å². The quantitative estimate of drug-likeness (QED) is 0.329. The summed E-state index contributed by atoms with van der Waals surface area (Å²) >= 11 is 1.25. The Bertz CT molecular complexity index is 1590. The fraction of sp³-hybridized carbons (Fsp3) is 0.111. The van der Waals surface area contributed by atoms with Crippen LogP contribution in [-0.4, -0.2) is 27.2 Å². The summed E-state index contributed by atoms with van der Waals surface area (Å²) in [6.45, 7) is 3.94. The fourth-order valence-corrected chi connectivity index (χ4v) is 4.85. The molecule has 0 spiro atoms. The molecule has 0 unspecified atom stereocenters. The molecule has 1 N–H and O–H groups in total. The van der Waals surface area contributed by atoms with Crippen LogP contribution in [0.2, 0.25) is 0 Å². The van der Waals surface area contributed by atoms with Crippen molar-refractivity contribution in [1.82, 2.24) is 14.5 Å². The number of nitrogens with one attached hydrogen (secondary N) is 1. The van der Waals surface area contributed by atoms with Gasteiger partial charge in [-0.15, -0.1) is 0 Å². The van der Waals surface area contributed by atoms with Crippen LogP contribution < -0.4 is 10.9 Å². The second kappa shape index (κ2) is 9.52. The van der Waals surface area contributed by atoms with Crippen molar-refractivity contribution in [3.63, 3.8) is 0 Å². The van der Waals surface area contributed by atoms with Gasteiger partial charge in [-0.1, -0.05) is 72.0 Å². The molecule has 0 fully saturated rings. The molecule has 5 aromatic rings. The number of thiazole rings is 1. The number of ether oxygens (including phenoxy) is 1. The van der Waals surface area contributed by atoms with Crippen molar-refractivity contribution in [2.75, 3.05) is 11.9 Å². The lowest BCUT2D eigenvalue weighted by Crippen LogP contribution is -2.22. The van der Waals surface area contributed by atoms with Gasteiger partial charge in [-0.3, -0.25) is 14.7 Å². The summed E-state index contributed by atoms with van der Waals surface area (Å²) in [5.41, 5.74) is 3.54. The number of hydrogen-bond donors (Lipinski definition) is 1. The molecule has 3 aromatic carbocycles. The van der Waals surface area contributed by atoms with Crippen LogP contribution in [0.15, 0.2) is 83.7 Å². The second-order valence-electron chi connectivity index (χ2n) is 7.79. The van der Waals surface area contributed by atoms with Gasteiger partial charge in [0, 0.05) is 5.56 Å². The molecule has 7 nitrogen and oxygen atoms in total. The van der Waals surface area contributed by atoms with Crippen LogP contribution in [0.5, 0.6) is 0 Å². The Balaban J connectivity index is 1.82. The largest absolute Gasteiger partial charge is 0.450 e. The molecule has 2 aromatic heterocycles. The Morgan fingerprint density at radius 2 is 1.69 bits per heavy atom.